The van der Waals surface area contributed by atoms with Crippen molar-refractivity contribution < 1.29 is 4.42 Å². The second kappa shape index (κ2) is 9.69. The fourth-order valence-electron chi connectivity index (χ4n) is 7.64. The first-order valence-corrected chi connectivity index (χ1v) is 15.8. The molecule has 0 aliphatic carbocycles. The lowest BCUT2D eigenvalue weighted by Gasteiger charge is -2.16. The summed E-state index contributed by atoms with van der Waals surface area (Å²) in [5, 5.41) is 9.61. The molecule has 0 saturated carbocycles. The highest BCUT2D eigenvalue weighted by Gasteiger charge is 2.25. The molecule has 0 fully saturated rings. The van der Waals surface area contributed by atoms with E-state index < -0.39 is 0 Å². The van der Waals surface area contributed by atoms with Gasteiger partial charge >= 0.3 is 0 Å². The van der Waals surface area contributed by atoms with Gasteiger partial charge in [0.25, 0.3) is 0 Å². The maximum absolute atomic E-state index is 6.94. The first-order valence-electron chi connectivity index (χ1n) is 15.8. The molecule has 8 aromatic carbocycles. The van der Waals surface area contributed by atoms with Crippen LogP contribution < -0.4 is 0 Å². The van der Waals surface area contributed by atoms with Crippen molar-refractivity contribution in [3.63, 3.8) is 0 Å². The lowest BCUT2D eigenvalue weighted by molar-refractivity contribution is 0.670. The predicted octanol–water partition coefficient (Wildman–Crippen LogP) is 12.3. The van der Waals surface area contributed by atoms with Gasteiger partial charge in [0.15, 0.2) is 0 Å². The normalized spacial score (nSPS) is 11.9. The van der Waals surface area contributed by atoms with Crippen molar-refractivity contribution in [2.75, 3.05) is 0 Å². The standard InChI is InChI=1S/C44H27NO/c1-2-15-31(16-3-1)45-37-22-10-8-19-34(37)41-36(21-12-23-38(41)45)42-33-18-7-6-17-32(33)40(30-26-25-28-13-4-5-14-29(28)27-30)43-35-20-9-11-24-39(35)46-44(42)43/h1-27H. The summed E-state index contributed by atoms with van der Waals surface area (Å²) in [6, 6.07) is 58.9. The van der Waals surface area contributed by atoms with E-state index >= 15 is 0 Å². The number of hydrogen-bond donors (Lipinski definition) is 0. The number of benzene rings is 8. The zero-order valence-corrected chi connectivity index (χ0v) is 24.9. The van der Waals surface area contributed by atoms with Gasteiger partial charge in [-0.05, 0) is 69.1 Å². The maximum atomic E-state index is 6.94. The zero-order chi connectivity index (χ0) is 30.2. The van der Waals surface area contributed by atoms with Crippen LogP contribution in [0, 0.1) is 0 Å². The third-order valence-electron chi connectivity index (χ3n) is 9.56. The summed E-state index contributed by atoms with van der Waals surface area (Å²) >= 11 is 0. The maximum Gasteiger partial charge on any atom is 0.144 e. The van der Waals surface area contributed by atoms with Crippen molar-refractivity contribution in [2.24, 2.45) is 0 Å². The van der Waals surface area contributed by atoms with Crippen molar-refractivity contribution in [1.82, 2.24) is 4.57 Å². The second-order valence-corrected chi connectivity index (χ2v) is 12.0. The topological polar surface area (TPSA) is 18.1 Å². The fraction of sp³-hybridized carbons (Fsp3) is 0. The van der Waals surface area contributed by atoms with Gasteiger partial charge in [0.1, 0.15) is 11.2 Å². The molecule has 0 atom stereocenters. The minimum atomic E-state index is 0.898. The molecule has 0 spiro atoms. The summed E-state index contributed by atoms with van der Waals surface area (Å²) in [5.74, 6) is 0. The predicted molar refractivity (Wildman–Crippen MR) is 194 cm³/mol. The third-order valence-corrected chi connectivity index (χ3v) is 9.56. The molecule has 2 heterocycles. The summed E-state index contributed by atoms with van der Waals surface area (Å²) in [4.78, 5) is 0. The van der Waals surface area contributed by atoms with Crippen molar-refractivity contribution in [1.29, 1.82) is 0 Å². The van der Waals surface area contributed by atoms with Gasteiger partial charge < -0.3 is 8.98 Å². The van der Waals surface area contributed by atoms with E-state index in [1.54, 1.807) is 0 Å². The van der Waals surface area contributed by atoms with Gasteiger partial charge in [-0.15, -0.1) is 0 Å². The number of rotatable bonds is 3. The summed E-state index contributed by atoms with van der Waals surface area (Å²) in [6.45, 7) is 0. The molecule has 10 aromatic rings. The Balaban J connectivity index is 1.40. The van der Waals surface area contributed by atoms with E-state index in [1.807, 2.05) is 0 Å². The minimum absolute atomic E-state index is 0.898. The smallest absolute Gasteiger partial charge is 0.144 e. The Kier molecular flexibility index (Phi) is 5.31. The highest BCUT2D eigenvalue weighted by atomic mass is 16.3. The number of hydrogen-bond acceptors (Lipinski definition) is 1. The van der Waals surface area contributed by atoms with Gasteiger partial charge in [0.2, 0.25) is 0 Å². The van der Waals surface area contributed by atoms with Gasteiger partial charge in [0, 0.05) is 38.4 Å². The van der Waals surface area contributed by atoms with E-state index in [2.05, 4.69) is 168 Å². The molecule has 0 amide bonds. The van der Waals surface area contributed by atoms with Gasteiger partial charge in [-0.2, -0.15) is 0 Å². The van der Waals surface area contributed by atoms with Gasteiger partial charge in [-0.1, -0.05) is 127 Å². The van der Waals surface area contributed by atoms with Crippen LogP contribution >= 0.6 is 0 Å². The van der Waals surface area contributed by atoms with Gasteiger partial charge in [-0.25, -0.2) is 0 Å². The van der Waals surface area contributed by atoms with E-state index in [-0.39, 0.29) is 0 Å². The Morgan fingerprint density at radius 1 is 0.413 bits per heavy atom. The Hall–Kier alpha value is -6.12. The Morgan fingerprint density at radius 2 is 1.07 bits per heavy atom. The Morgan fingerprint density at radius 3 is 1.91 bits per heavy atom. The SMILES string of the molecule is c1ccc(-n2c3ccccc3c3c(-c4c5ccccc5c(-c5ccc6ccccc6c5)c5c4oc4ccccc45)cccc32)cc1. The number of nitrogens with zero attached hydrogens (tertiary/aromatic N) is 1. The van der Waals surface area contributed by atoms with E-state index in [0.29, 0.717) is 0 Å². The summed E-state index contributed by atoms with van der Waals surface area (Å²) in [7, 11) is 0. The number of para-hydroxylation sites is 3. The second-order valence-electron chi connectivity index (χ2n) is 12.0. The summed E-state index contributed by atoms with van der Waals surface area (Å²) in [6.07, 6.45) is 0. The molecule has 10 rings (SSSR count). The van der Waals surface area contributed by atoms with Crippen LogP contribution in [0.3, 0.4) is 0 Å². The van der Waals surface area contributed by atoms with Crippen LogP contribution in [-0.2, 0) is 0 Å². The molecule has 214 valence electrons. The highest BCUT2D eigenvalue weighted by molar-refractivity contribution is 6.29. The fourth-order valence-corrected chi connectivity index (χ4v) is 7.64. The van der Waals surface area contributed by atoms with Crippen molar-refractivity contribution in [3.8, 4) is 27.9 Å². The molecule has 0 aliphatic rings. The molecular formula is C44H27NO. The van der Waals surface area contributed by atoms with Crippen LogP contribution in [0.4, 0.5) is 0 Å². The van der Waals surface area contributed by atoms with Gasteiger partial charge in [0.05, 0.1) is 11.0 Å². The monoisotopic (exact) mass is 585 g/mol. The number of furan rings is 1. The van der Waals surface area contributed by atoms with E-state index in [1.165, 1.54) is 60.0 Å². The summed E-state index contributed by atoms with van der Waals surface area (Å²) in [5.41, 5.74) is 10.0. The van der Waals surface area contributed by atoms with Crippen molar-refractivity contribution in [3.05, 3.63) is 164 Å². The van der Waals surface area contributed by atoms with Crippen LogP contribution in [0.5, 0.6) is 0 Å². The van der Waals surface area contributed by atoms with Crippen LogP contribution in [0.1, 0.15) is 0 Å². The lowest BCUT2D eigenvalue weighted by atomic mass is 9.86. The van der Waals surface area contributed by atoms with Crippen molar-refractivity contribution >= 4 is 65.3 Å². The molecule has 0 unspecified atom stereocenters. The molecule has 2 aromatic heterocycles. The molecule has 0 radical (unpaired) electrons. The first kappa shape index (κ1) is 25.2. The highest BCUT2D eigenvalue weighted by Crippen LogP contribution is 2.50. The van der Waals surface area contributed by atoms with Crippen molar-refractivity contribution in [2.45, 2.75) is 0 Å². The average molecular weight is 586 g/mol. The van der Waals surface area contributed by atoms with E-state index in [0.717, 1.165) is 33.2 Å². The van der Waals surface area contributed by atoms with Gasteiger partial charge in [-0.3, -0.25) is 0 Å². The Bertz CT molecular complexity index is 2800. The lowest BCUT2D eigenvalue weighted by Crippen LogP contribution is -1.93. The molecule has 0 N–H and O–H groups in total. The third kappa shape index (κ3) is 3.53. The number of fused-ring (bicyclic) bond motifs is 8. The number of aromatic nitrogens is 1. The van der Waals surface area contributed by atoms with Crippen LogP contribution in [-0.4, -0.2) is 4.57 Å². The Labute approximate surface area is 265 Å². The molecule has 0 bridgehead atoms. The van der Waals surface area contributed by atoms with Crippen LogP contribution in [0.25, 0.3) is 93.2 Å². The average Bonchev–Trinajstić information content (AvgIpc) is 3.67. The molecule has 0 aliphatic heterocycles. The largest absolute Gasteiger partial charge is 0.455 e. The molecule has 46 heavy (non-hydrogen) atoms. The van der Waals surface area contributed by atoms with Crippen LogP contribution in [0.15, 0.2) is 168 Å². The quantitative estimate of drug-likeness (QED) is 0.202. The minimum Gasteiger partial charge on any atom is -0.455 e. The van der Waals surface area contributed by atoms with E-state index in [9.17, 15) is 0 Å². The molecular weight excluding hydrogens is 558 g/mol. The molecule has 2 heteroatoms. The zero-order valence-electron chi connectivity index (χ0n) is 24.9. The molecule has 2 nitrogen and oxygen atoms in total. The molecule has 0 saturated heterocycles. The van der Waals surface area contributed by atoms with Crippen LogP contribution in [0.2, 0.25) is 0 Å². The first-order chi connectivity index (χ1) is 22.8. The van der Waals surface area contributed by atoms with E-state index in [4.69, 9.17) is 4.42 Å². The summed E-state index contributed by atoms with van der Waals surface area (Å²) < 4.78 is 9.33.